The topological polar surface area (TPSA) is 50.3 Å². The van der Waals surface area contributed by atoms with Crippen LogP contribution >= 0.6 is 0 Å². The van der Waals surface area contributed by atoms with Gasteiger partial charge in [-0.3, -0.25) is 14.5 Å². The van der Waals surface area contributed by atoms with Gasteiger partial charge < -0.3 is 4.42 Å². The molecule has 1 aliphatic heterocycles. The molecule has 1 aliphatic rings. The number of rotatable bonds is 5. The maximum absolute atomic E-state index is 6.00. The number of piperidine rings is 1. The first-order valence-electron chi connectivity index (χ1n) is 9.77. The molecule has 3 atom stereocenters. The van der Waals surface area contributed by atoms with E-state index in [0.717, 1.165) is 30.1 Å². The number of aryl methyl sites for hydroxylation is 1. The van der Waals surface area contributed by atoms with Crippen LogP contribution < -0.4 is 0 Å². The SMILES string of the molecule is C[C@@H](c1nc2ccccc2o1)N(C)C[C@@H]1CCCN(C)[C@H]1c1cnn(C)c1. The van der Waals surface area contributed by atoms with Crippen molar-refractivity contribution < 1.29 is 4.42 Å². The largest absolute Gasteiger partial charge is 0.439 e. The molecule has 0 unspecified atom stereocenters. The predicted molar refractivity (Wildman–Crippen MR) is 106 cm³/mol. The van der Waals surface area contributed by atoms with E-state index in [2.05, 4.69) is 42.1 Å². The van der Waals surface area contributed by atoms with E-state index >= 15 is 0 Å². The molecule has 6 heteroatoms. The lowest BCUT2D eigenvalue weighted by molar-refractivity contribution is 0.0800. The van der Waals surface area contributed by atoms with E-state index < -0.39 is 0 Å². The van der Waals surface area contributed by atoms with E-state index in [1.54, 1.807) is 0 Å². The van der Waals surface area contributed by atoms with Gasteiger partial charge in [-0.05, 0) is 58.5 Å². The number of fused-ring (bicyclic) bond motifs is 1. The van der Waals surface area contributed by atoms with Crippen LogP contribution in [0, 0.1) is 5.92 Å². The summed E-state index contributed by atoms with van der Waals surface area (Å²) in [5.74, 6) is 1.35. The van der Waals surface area contributed by atoms with Gasteiger partial charge in [0.25, 0.3) is 0 Å². The highest BCUT2D eigenvalue weighted by Crippen LogP contribution is 2.36. The van der Waals surface area contributed by atoms with Crippen LogP contribution in [0.15, 0.2) is 41.1 Å². The zero-order chi connectivity index (χ0) is 19.0. The summed E-state index contributed by atoms with van der Waals surface area (Å²) in [5, 5.41) is 4.40. The molecule has 0 spiro atoms. The fourth-order valence-electron chi connectivity index (χ4n) is 4.36. The molecule has 144 valence electrons. The standard InChI is InChI=1S/C21H29N5O/c1-15(21-23-18-9-5-6-10-19(18)27-21)25(3)13-16-8-7-11-24(2)20(16)17-12-22-26(4)14-17/h5-6,9-10,12,14-16,20H,7-8,11,13H2,1-4H3/t15-,16-,20+/m0/s1. The number of likely N-dealkylation sites (tertiary alicyclic amines) is 1. The van der Waals surface area contributed by atoms with Crippen molar-refractivity contribution in [3.05, 3.63) is 48.1 Å². The molecule has 4 rings (SSSR count). The molecule has 27 heavy (non-hydrogen) atoms. The van der Waals surface area contributed by atoms with Crippen molar-refractivity contribution in [1.82, 2.24) is 24.6 Å². The molecule has 0 radical (unpaired) electrons. The van der Waals surface area contributed by atoms with E-state index in [4.69, 9.17) is 9.40 Å². The molecule has 2 aromatic heterocycles. The lowest BCUT2D eigenvalue weighted by Crippen LogP contribution is -2.41. The van der Waals surface area contributed by atoms with E-state index in [0.29, 0.717) is 12.0 Å². The lowest BCUT2D eigenvalue weighted by atomic mass is 9.85. The molecule has 3 heterocycles. The van der Waals surface area contributed by atoms with Crippen LogP contribution in [-0.4, -0.2) is 51.7 Å². The number of hydrogen-bond donors (Lipinski definition) is 0. The minimum absolute atomic E-state index is 0.138. The number of hydrogen-bond acceptors (Lipinski definition) is 5. The monoisotopic (exact) mass is 367 g/mol. The summed E-state index contributed by atoms with van der Waals surface area (Å²) in [6.07, 6.45) is 6.64. The third-order valence-electron chi connectivity index (χ3n) is 5.92. The Labute approximate surface area is 160 Å². The summed E-state index contributed by atoms with van der Waals surface area (Å²) in [6, 6.07) is 8.52. The van der Waals surface area contributed by atoms with Crippen molar-refractivity contribution in [1.29, 1.82) is 0 Å². The van der Waals surface area contributed by atoms with Crippen LogP contribution in [0.4, 0.5) is 0 Å². The van der Waals surface area contributed by atoms with Crippen molar-refractivity contribution in [2.45, 2.75) is 31.8 Å². The first-order valence-corrected chi connectivity index (χ1v) is 9.77. The van der Waals surface area contributed by atoms with E-state index in [-0.39, 0.29) is 6.04 Å². The molecule has 6 nitrogen and oxygen atoms in total. The summed E-state index contributed by atoms with van der Waals surface area (Å²) >= 11 is 0. The van der Waals surface area contributed by atoms with Crippen molar-refractivity contribution in [3.63, 3.8) is 0 Å². The predicted octanol–water partition coefficient (Wildman–Crippen LogP) is 3.64. The van der Waals surface area contributed by atoms with Crippen LogP contribution in [0.5, 0.6) is 0 Å². The first kappa shape index (κ1) is 18.2. The maximum Gasteiger partial charge on any atom is 0.212 e. The molecule has 1 saturated heterocycles. The molecule has 0 aliphatic carbocycles. The number of benzene rings is 1. The lowest BCUT2D eigenvalue weighted by Gasteiger charge is -2.41. The highest BCUT2D eigenvalue weighted by molar-refractivity contribution is 5.72. The third-order valence-corrected chi connectivity index (χ3v) is 5.92. The maximum atomic E-state index is 6.00. The number of oxazole rings is 1. The van der Waals surface area contributed by atoms with Crippen LogP contribution in [0.25, 0.3) is 11.1 Å². The number of para-hydroxylation sites is 2. The van der Waals surface area contributed by atoms with Gasteiger partial charge in [0.15, 0.2) is 5.58 Å². The molecule has 1 fully saturated rings. The summed E-state index contributed by atoms with van der Waals surface area (Å²) in [6.45, 7) is 4.32. The summed E-state index contributed by atoms with van der Waals surface area (Å²) in [4.78, 5) is 9.54. The van der Waals surface area contributed by atoms with Gasteiger partial charge in [0.2, 0.25) is 5.89 Å². The fourth-order valence-corrected chi connectivity index (χ4v) is 4.36. The molecular formula is C21H29N5O. The molecule has 0 bridgehead atoms. The number of nitrogens with zero attached hydrogens (tertiary/aromatic N) is 5. The molecule has 3 aromatic rings. The van der Waals surface area contributed by atoms with Crippen molar-refractivity contribution >= 4 is 11.1 Å². The van der Waals surface area contributed by atoms with E-state index in [9.17, 15) is 0 Å². The van der Waals surface area contributed by atoms with Crippen LogP contribution in [0.2, 0.25) is 0 Å². The highest BCUT2D eigenvalue weighted by atomic mass is 16.3. The average Bonchev–Trinajstić information content (AvgIpc) is 3.27. The van der Waals surface area contributed by atoms with Crippen molar-refractivity contribution in [3.8, 4) is 0 Å². The Morgan fingerprint density at radius 3 is 2.85 bits per heavy atom. The molecule has 0 amide bonds. The Bertz CT molecular complexity index is 868. The summed E-state index contributed by atoms with van der Waals surface area (Å²) < 4.78 is 7.90. The number of aromatic nitrogens is 3. The van der Waals surface area contributed by atoms with Crippen LogP contribution in [0.3, 0.4) is 0 Å². The second-order valence-electron chi connectivity index (χ2n) is 7.91. The molecule has 1 aromatic carbocycles. The van der Waals surface area contributed by atoms with E-state index in [1.165, 1.54) is 18.4 Å². The second-order valence-corrected chi connectivity index (χ2v) is 7.91. The Morgan fingerprint density at radius 2 is 2.11 bits per heavy atom. The Hall–Kier alpha value is -2.18. The fraction of sp³-hybridized carbons (Fsp3) is 0.524. The van der Waals surface area contributed by atoms with Crippen molar-refractivity contribution in [2.75, 3.05) is 27.2 Å². The summed E-state index contributed by atoms with van der Waals surface area (Å²) in [7, 11) is 6.39. The molecular weight excluding hydrogens is 338 g/mol. The summed E-state index contributed by atoms with van der Waals surface area (Å²) in [5.41, 5.74) is 3.10. The smallest absolute Gasteiger partial charge is 0.212 e. The van der Waals surface area contributed by atoms with Gasteiger partial charge in [0.05, 0.1) is 12.2 Å². The minimum atomic E-state index is 0.138. The van der Waals surface area contributed by atoms with Crippen molar-refractivity contribution in [2.24, 2.45) is 13.0 Å². The Balaban J connectivity index is 1.51. The van der Waals surface area contributed by atoms with Gasteiger partial charge in [-0.15, -0.1) is 0 Å². The quantitative estimate of drug-likeness (QED) is 0.689. The van der Waals surface area contributed by atoms with Gasteiger partial charge in [-0.2, -0.15) is 5.10 Å². The molecule has 0 saturated carbocycles. The average molecular weight is 367 g/mol. The van der Waals surface area contributed by atoms with Gasteiger partial charge in [-0.1, -0.05) is 12.1 Å². The molecule has 0 N–H and O–H groups in total. The van der Waals surface area contributed by atoms with Crippen LogP contribution in [0.1, 0.15) is 43.3 Å². The third kappa shape index (κ3) is 3.64. The Morgan fingerprint density at radius 1 is 1.30 bits per heavy atom. The van der Waals surface area contributed by atoms with Gasteiger partial charge in [-0.25, -0.2) is 4.98 Å². The van der Waals surface area contributed by atoms with Gasteiger partial charge in [0.1, 0.15) is 5.52 Å². The van der Waals surface area contributed by atoms with Gasteiger partial charge in [0, 0.05) is 31.4 Å². The second kappa shape index (κ2) is 7.44. The first-order chi connectivity index (χ1) is 13.0. The Kier molecular flexibility index (Phi) is 5.02. The normalized spacial score (nSPS) is 22.6. The van der Waals surface area contributed by atoms with Crippen LogP contribution in [-0.2, 0) is 7.05 Å². The minimum Gasteiger partial charge on any atom is -0.439 e. The highest BCUT2D eigenvalue weighted by Gasteiger charge is 2.33. The zero-order valence-corrected chi connectivity index (χ0v) is 16.7. The van der Waals surface area contributed by atoms with E-state index in [1.807, 2.05) is 42.2 Å². The van der Waals surface area contributed by atoms with Gasteiger partial charge >= 0.3 is 0 Å². The zero-order valence-electron chi connectivity index (χ0n) is 16.7.